The number of aromatic carboxylic acids is 1. The second kappa shape index (κ2) is 5.66. The van der Waals surface area contributed by atoms with Crippen LogP contribution in [0.5, 0.6) is 0 Å². The van der Waals surface area contributed by atoms with E-state index in [4.69, 9.17) is 9.52 Å². The largest absolute Gasteiger partial charge is 0.478 e. The second-order valence-electron chi connectivity index (χ2n) is 4.29. The molecule has 0 aliphatic rings. The Morgan fingerprint density at radius 1 is 1.43 bits per heavy atom. The van der Waals surface area contributed by atoms with Crippen LogP contribution in [0.2, 0.25) is 0 Å². The summed E-state index contributed by atoms with van der Waals surface area (Å²) in [6.07, 6.45) is 3.06. The maximum Gasteiger partial charge on any atom is 0.340 e. The summed E-state index contributed by atoms with van der Waals surface area (Å²) in [6, 6.07) is 0. The fourth-order valence-electron chi connectivity index (χ4n) is 1.95. The number of nitrogens with one attached hydrogen (secondary N) is 1. The number of rotatable bonds is 6. The molecule has 0 radical (unpaired) electrons. The van der Waals surface area contributed by atoms with Gasteiger partial charge in [-0.2, -0.15) is 0 Å². The van der Waals surface area contributed by atoms with Gasteiger partial charge in [0.15, 0.2) is 0 Å². The van der Waals surface area contributed by atoms with E-state index in [1.54, 1.807) is 6.20 Å². The first-order valence-electron chi connectivity index (χ1n) is 6.00. The molecule has 21 heavy (non-hydrogen) atoms. The summed E-state index contributed by atoms with van der Waals surface area (Å²) >= 11 is 0. The van der Waals surface area contributed by atoms with Gasteiger partial charge in [-0.1, -0.05) is 5.21 Å². The molecule has 0 aliphatic heterocycles. The molecule has 0 atom stereocenters. The third-order valence-corrected chi connectivity index (χ3v) is 4.41. The van der Waals surface area contributed by atoms with Gasteiger partial charge in [-0.05, 0) is 13.8 Å². The highest BCUT2D eigenvalue weighted by molar-refractivity contribution is 7.89. The molecule has 0 aliphatic carbocycles. The fourth-order valence-corrected chi connectivity index (χ4v) is 3.38. The molecule has 2 aromatic rings. The first kappa shape index (κ1) is 15.2. The Balaban J connectivity index is 2.21. The molecule has 0 amide bonds. The smallest absolute Gasteiger partial charge is 0.340 e. The number of hydrogen-bond donors (Lipinski definition) is 2. The number of carbonyl (C=O) groups is 1. The van der Waals surface area contributed by atoms with E-state index in [-0.39, 0.29) is 35.1 Å². The van der Waals surface area contributed by atoms with Gasteiger partial charge >= 0.3 is 5.97 Å². The molecule has 0 saturated carbocycles. The van der Waals surface area contributed by atoms with Gasteiger partial charge in [0.1, 0.15) is 22.0 Å². The van der Waals surface area contributed by atoms with E-state index in [9.17, 15) is 13.2 Å². The van der Waals surface area contributed by atoms with Gasteiger partial charge in [0.05, 0.1) is 12.7 Å². The molecule has 0 saturated heterocycles. The van der Waals surface area contributed by atoms with E-state index in [0.29, 0.717) is 0 Å². The molecule has 0 fully saturated rings. The van der Waals surface area contributed by atoms with Crippen molar-refractivity contribution in [1.29, 1.82) is 0 Å². The highest BCUT2D eigenvalue weighted by atomic mass is 32.2. The van der Waals surface area contributed by atoms with Crippen molar-refractivity contribution in [2.75, 3.05) is 6.54 Å². The Labute approximate surface area is 120 Å². The molecule has 0 aromatic carbocycles. The molecular weight excluding hydrogens is 300 g/mol. The van der Waals surface area contributed by atoms with Gasteiger partial charge in [0.2, 0.25) is 10.0 Å². The quantitative estimate of drug-likeness (QED) is 0.777. The van der Waals surface area contributed by atoms with Gasteiger partial charge in [0, 0.05) is 12.7 Å². The fraction of sp³-hybridized carbons (Fsp3) is 0.364. The molecule has 2 heterocycles. The zero-order valence-electron chi connectivity index (χ0n) is 11.4. The number of nitrogens with zero attached hydrogens (tertiary/aromatic N) is 3. The Bertz CT molecular complexity index is 748. The number of carboxylic acids is 1. The lowest BCUT2D eigenvalue weighted by atomic mass is 10.2. The van der Waals surface area contributed by atoms with Crippen molar-refractivity contribution < 1.29 is 22.7 Å². The first-order valence-corrected chi connectivity index (χ1v) is 7.48. The van der Waals surface area contributed by atoms with Crippen LogP contribution in [-0.4, -0.2) is 41.0 Å². The third-order valence-electron chi connectivity index (χ3n) is 2.79. The van der Waals surface area contributed by atoms with E-state index in [1.165, 1.54) is 24.7 Å². The summed E-state index contributed by atoms with van der Waals surface area (Å²) in [5, 5.41) is 16.4. The van der Waals surface area contributed by atoms with Crippen LogP contribution in [0.3, 0.4) is 0 Å². The van der Waals surface area contributed by atoms with E-state index in [0.717, 1.165) is 0 Å². The number of sulfonamides is 1. The van der Waals surface area contributed by atoms with Gasteiger partial charge in [-0.15, -0.1) is 5.10 Å². The Morgan fingerprint density at radius 2 is 2.14 bits per heavy atom. The Morgan fingerprint density at radius 3 is 2.71 bits per heavy atom. The SMILES string of the molecule is Cc1oc(C)c(S(=O)(=O)NCCn2ccnn2)c1C(=O)O. The molecule has 2 aromatic heterocycles. The number of aryl methyl sites for hydroxylation is 2. The summed E-state index contributed by atoms with van der Waals surface area (Å²) in [5.74, 6) is -1.25. The molecule has 0 unspecified atom stereocenters. The predicted molar refractivity (Wildman–Crippen MR) is 70.4 cm³/mol. The maximum absolute atomic E-state index is 12.2. The summed E-state index contributed by atoms with van der Waals surface area (Å²) in [7, 11) is -3.99. The number of hydrogen-bond acceptors (Lipinski definition) is 6. The normalized spacial score (nSPS) is 11.7. The summed E-state index contributed by atoms with van der Waals surface area (Å²) in [4.78, 5) is 10.8. The highest BCUT2D eigenvalue weighted by Gasteiger charge is 2.30. The van der Waals surface area contributed by atoms with Crippen LogP contribution in [0.15, 0.2) is 21.7 Å². The van der Waals surface area contributed by atoms with Crippen LogP contribution in [0, 0.1) is 13.8 Å². The molecule has 0 spiro atoms. The first-order chi connectivity index (χ1) is 9.83. The summed E-state index contributed by atoms with van der Waals surface area (Å²) < 4.78 is 33.4. The van der Waals surface area contributed by atoms with E-state index in [1.807, 2.05) is 0 Å². The zero-order chi connectivity index (χ0) is 15.6. The maximum atomic E-state index is 12.2. The van der Waals surface area contributed by atoms with Gasteiger partial charge in [-0.3, -0.25) is 4.68 Å². The van der Waals surface area contributed by atoms with Crippen molar-refractivity contribution in [3.63, 3.8) is 0 Å². The van der Waals surface area contributed by atoms with Crippen LogP contribution >= 0.6 is 0 Å². The monoisotopic (exact) mass is 314 g/mol. The zero-order valence-corrected chi connectivity index (χ0v) is 12.2. The lowest BCUT2D eigenvalue weighted by molar-refractivity contribution is 0.0691. The lowest BCUT2D eigenvalue weighted by Gasteiger charge is -2.06. The Kier molecular flexibility index (Phi) is 4.09. The average molecular weight is 314 g/mol. The van der Waals surface area contributed by atoms with Gasteiger partial charge in [-0.25, -0.2) is 17.9 Å². The molecule has 114 valence electrons. The van der Waals surface area contributed by atoms with Crippen molar-refractivity contribution in [3.05, 3.63) is 29.5 Å². The second-order valence-corrected chi connectivity index (χ2v) is 5.99. The molecule has 9 nitrogen and oxygen atoms in total. The van der Waals surface area contributed by atoms with Crippen LogP contribution in [0.4, 0.5) is 0 Å². The summed E-state index contributed by atoms with van der Waals surface area (Å²) in [6.45, 7) is 3.14. The molecular formula is C11H14N4O5S. The minimum absolute atomic E-state index is 0.0400. The standard InChI is InChI=1S/C11H14N4O5S/c1-7-9(11(16)17)10(8(2)20-7)21(18,19)13-4-6-15-5-3-12-14-15/h3,5,13H,4,6H2,1-2H3,(H,16,17). The van der Waals surface area contributed by atoms with Crippen LogP contribution in [-0.2, 0) is 16.6 Å². The minimum atomic E-state index is -3.99. The van der Waals surface area contributed by atoms with Crippen molar-refractivity contribution in [2.24, 2.45) is 0 Å². The minimum Gasteiger partial charge on any atom is -0.478 e. The molecule has 2 N–H and O–H groups in total. The molecule has 0 bridgehead atoms. The van der Waals surface area contributed by atoms with E-state index < -0.39 is 16.0 Å². The number of carboxylic acid groups (broad SMARTS) is 1. The average Bonchev–Trinajstić information content (AvgIpc) is 2.96. The Hall–Kier alpha value is -2.20. The molecule has 10 heteroatoms. The summed E-state index contributed by atoms with van der Waals surface area (Å²) in [5.41, 5.74) is -0.347. The molecule has 2 rings (SSSR count). The van der Waals surface area contributed by atoms with Crippen LogP contribution < -0.4 is 4.72 Å². The van der Waals surface area contributed by atoms with Crippen molar-refractivity contribution in [2.45, 2.75) is 25.3 Å². The van der Waals surface area contributed by atoms with E-state index in [2.05, 4.69) is 15.0 Å². The van der Waals surface area contributed by atoms with E-state index >= 15 is 0 Å². The van der Waals surface area contributed by atoms with Gasteiger partial charge in [0.25, 0.3) is 0 Å². The number of aromatic nitrogens is 3. The van der Waals surface area contributed by atoms with Crippen LogP contribution in [0.1, 0.15) is 21.9 Å². The van der Waals surface area contributed by atoms with Crippen molar-refractivity contribution in [1.82, 2.24) is 19.7 Å². The van der Waals surface area contributed by atoms with Gasteiger partial charge < -0.3 is 9.52 Å². The lowest BCUT2D eigenvalue weighted by Crippen LogP contribution is -2.29. The highest BCUT2D eigenvalue weighted by Crippen LogP contribution is 2.26. The number of furan rings is 1. The topological polar surface area (TPSA) is 127 Å². The van der Waals surface area contributed by atoms with Crippen molar-refractivity contribution in [3.8, 4) is 0 Å². The predicted octanol–water partition coefficient (Wildman–Crippen LogP) is 0.165. The van der Waals surface area contributed by atoms with Crippen molar-refractivity contribution >= 4 is 16.0 Å². The van der Waals surface area contributed by atoms with Crippen LogP contribution in [0.25, 0.3) is 0 Å². The third kappa shape index (κ3) is 3.11.